The van der Waals surface area contributed by atoms with E-state index in [0.29, 0.717) is 11.0 Å². The van der Waals surface area contributed by atoms with Crippen molar-refractivity contribution in [1.82, 2.24) is 5.32 Å². The van der Waals surface area contributed by atoms with E-state index >= 15 is 0 Å². The lowest BCUT2D eigenvalue weighted by Crippen LogP contribution is -2.58. The minimum Gasteiger partial charge on any atom is -0.364 e. The van der Waals surface area contributed by atoms with E-state index in [4.69, 9.17) is 0 Å². The maximum absolute atomic E-state index is 9.29. The Kier molecular flexibility index (Phi) is 23.5. The van der Waals surface area contributed by atoms with Gasteiger partial charge < -0.3 is 14.7 Å². The van der Waals surface area contributed by atoms with Crippen LogP contribution in [0, 0.1) is 0 Å². The van der Waals surface area contributed by atoms with Crippen LogP contribution in [0.2, 0.25) is 0 Å². The van der Waals surface area contributed by atoms with Crippen LogP contribution in [0.15, 0.2) is 0 Å². The Bertz CT molecular complexity index is 388. The first-order valence-corrected chi connectivity index (χ1v) is 14.9. The first-order chi connectivity index (χ1) is 15.9. The molecule has 0 amide bonds. The number of aliphatic hydroxyl groups excluding tert-OH is 1. The number of hydrogen-bond acceptors (Lipinski definition) is 3. The summed E-state index contributed by atoms with van der Waals surface area (Å²) in [5, 5.41) is 22.2. The minimum atomic E-state index is -1.24. The van der Waals surface area contributed by atoms with Crippen LogP contribution in [-0.2, 0) is 0 Å². The number of nitrogens with zero attached hydrogens (tertiary/aromatic N) is 1. The van der Waals surface area contributed by atoms with E-state index in [1.165, 1.54) is 128 Å². The standard InChI is InChI=1S/C29H63N2O2/c1-5-7-8-9-10-11-12-13-14-15-16-17-18-19-20-21-22-23-24-25-26-30-28(6-2)31(3,4)27-29(32)33/h28-30,32-33H,5-27H2,1-4H3/q+1. The lowest BCUT2D eigenvalue weighted by Gasteiger charge is -2.38. The normalized spacial score (nSPS) is 13.2. The van der Waals surface area contributed by atoms with Gasteiger partial charge in [-0.3, -0.25) is 5.32 Å². The molecule has 0 aromatic carbocycles. The number of aliphatic hydroxyl groups is 2. The fourth-order valence-electron chi connectivity index (χ4n) is 5.08. The Morgan fingerprint density at radius 1 is 0.545 bits per heavy atom. The molecule has 0 bridgehead atoms. The van der Waals surface area contributed by atoms with E-state index in [0.717, 1.165) is 13.0 Å². The molecule has 0 aliphatic heterocycles. The van der Waals surface area contributed by atoms with E-state index in [9.17, 15) is 10.2 Å². The van der Waals surface area contributed by atoms with Crippen LogP contribution < -0.4 is 5.32 Å². The second-order valence-corrected chi connectivity index (χ2v) is 11.0. The van der Waals surface area contributed by atoms with E-state index in [2.05, 4.69) is 33.3 Å². The molecule has 0 heterocycles. The summed E-state index contributed by atoms with van der Waals surface area (Å²) in [5.41, 5.74) is 0. The predicted molar refractivity (Wildman–Crippen MR) is 145 cm³/mol. The zero-order valence-corrected chi connectivity index (χ0v) is 23.3. The highest BCUT2D eigenvalue weighted by molar-refractivity contribution is 4.57. The third-order valence-corrected chi connectivity index (χ3v) is 7.27. The zero-order chi connectivity index (χ0) is 24.6. The fourth-order valence-corrected chi connectivity index (χ4v) is 5.08. The number of unbranched alkanes of at least 4 members (excludes halogenated alkanes) is 19. The maximum Gasteiger partial charge on any atom is 0.202 e. The minimum absolute atomic E-state index is 0.284. The van der Waals surface area contributed by atoms with Gasteiger partial charge in [0, 0.05) is 13.0 Å². The lowest BCUT2D eigenvalue weighted by molar-refractivity contribution is -0.923. The molecule has 0 aliphatic carbocycles. The van der Waals surface area contributed by atoms with Gasteiger partial charge in [-0.2, -0.15) is 0 Å². The van der Waals surface area contributed by atoms with Crippen molar-refractivity contribution in [3.63, 3.8) is 0 Å². The molecule has 0 saturated carbocycles. The van der Waals surface area contributed by atoms with Gasteiger partial charge in [0.05, 0.1) is 14.1 Å². The molecule has 0 aromatic heterocycles. The molecule has 0 fully saturated rings. The Balaban J connectivity index is 3.31. The molecule has 4 nitrogen and oxygen atoms in total. The molecule has 0 spiro atoms. The van der Waals surface area contributed by atoms with Crippen LogP contribution in [0.3, 0.4) is 0 Å². The fraction of sp³-hybridized carbons (Fsp3) is 1.00. The van der Waals surface area contributed by atoms with Crippen molar-refractivity contribution in [2.75, 3.05) is 27.2 Å². The van der Waals surface area contributed by atoms with Gasteiger partial charge in [0.25, 0.3) is 0 Å². The average molecular weight is 472 g/mol. The van der Waals surface area contributed by atoms with Crippen molar-refractivity contribution in [3.8, 4) is 0 Å². The molecule has 4 heteroatoms. The van der Waals surface area contributed by atoms with Crippen LogP contribution in [0.25, 0.3) is 0 Å². The average Bonchev–Trinajstić information content (AvgIpc) is 2.76. The quantitative estimate of drug-likeness (QED) is 0.0694. The first-order valence-electron chi connectivity index (χ1n) is 14.9. The summed E-state index contributed by atoms with van der Waals surface area (Å²) in [5.74, 6) is 0. The Morgan fingerprint density at radius 2 is 0.879 bits per heavy atom. The third-order valence-electron chi connectivity index (χ3n) is 7.27. The van der Waals surface area contributed by atoms with Gasteiger partial charge in [-0.25, -0.2) is 0 Å². The molecule has 1 unspecified atom stereocenters. The third kappa shape index (κ3) is 22.1. The molecule has 1 atom stereocenters. The van der Waals surface area contributed by atoms with Gasteiger partial charge in [0.15, 0.2) is 0 Å². The van der Waals surface area contributed by atoms with E-state index in [1.54, 1.807) is 0 Å². The number of rotatable bonds is 26. The van der Waals surface area contributed by atoms with Crippen LogP contribution >= 0.6 is 0 Å². The molecule has 200 valence electrons. The smallest absolute Gasteiger partial charge is 0.202 e. The van der Waals surface area contributed by atoms with Crippen molar-refractivity contribution in [3.05, 3.63) is 0 Å². The van der Waals surface area contributed by atoms with E-state index < -0.39 is 6.29 Å². The van der Waals surface area contributed by atoms with Crippen LogP contribution in [0.5, 0.6) is 0 Å². The van der Waals surface area contributed by atoms with Gasteiger partial charge in [-0.15, -0.1) is 0 Å². The van der Waals surface area contributed by atoms with Gasteiger partial charge >= 0.3 is 0 Å². The Labute approximate surface area is 208 Å². The van der Waals surface area contributed by atoms with Crippen LogP contribution in [0.1, 0.15) is 149 Å². The maximum atomic E-state index is 9.29. The highest BCUT2D eigenvalue weighted by atomic mass is 16.5. The molecule has 0 saturated heterocycles. The summed E-state index contributed by atoms with van der Waals surface area (Å²) in [6, 6.07) is 0. The topological polar surface area (TPSA) is 52.5 Å². The number of likely N-dealkylation sites (N-methyl/N-ethyl adjacent to an activating group) is 1. The highest BCUT2D eigenvalue weighted by Gasteiger charge is 2.28. The van der Waals surface area contributed by atoms with Crippen molar-refractivity contribution in [1.29, 1.82) is 0 Å². The molecular weight excluding hydrogens is 408 g/mol. The lowest BCUT2D eigenvalue weighted by atomic mass is 10.0. The monoisotopic (exact) mass is 471 g/mol. The molecule has 0 rings (SSSR count). The van der Waals surface area contributed by atoms with Gasteiger partial charge in [-0.1, -0.05) is 136 Å². The predicted octanol–water partition coefficient (Wildman–Crippen LogP) is 7.52. The summed E-state index contributed by atoms with van der Waals surface area (Å²) in [7, 11) is 4.13. The summed E-state index contributed by atoms with van der Waals surface area (Å²) in [4.78, 5) is 0. The zero-order valence-electron chi connectivity index (χ0n) is 23.3. The summed E-state index contributed by atoms with van der Waals surface area (Å²) >= 11 is 0. The van der Waals surface area contributed by atoms with E-state index in [-0.39, 0.29) is 6.17 Å². The number of quaternary nitrogens is 1. The van der Waals surface area contributed by atoms with Crippen molar-refractivity contribution in [2.24, 2.45) is 0 Å². The second-order valence-electron chi connectivity index (χ2n) is 11.0. The SMILES string of the molecule is CCCCCCCCCCCCCCCCCCCCCCNC(CC)[N+](C)(C)CC(O)O. The Morgan fingerprint density at radius 3 is 1.18 bits per heavy atom. The van der Waals surface area contributed by atoms with Crippen molar-refractivity contribution in [2.45, 2.75) is 161 Å². The van der Waals surface area contributed by atoms with Crippen molar-refractivity contribution >= 4 is 0 Å². The molecule has 0 radical (unpaired) electrons. The molecule has 33 heavy (non-hydrogen) atoms. The summed E-state index contributed by atoms with van der Waals surface area (Å²) < 4.78 is 0.605. The van der Waals surface area contributed by atoms with Crippen molar-refractivity contribution < 1.29 is 14.7 Å². The number of nitrogens with one attached hydrogen (secondary N) is 1. The summed E-state index contributed by atoms with van der Waals surface area (Å²) in [6.07, 6.45) is 28.4. The largest absolute Gasteiger partial charge is 0.364 e. The molecule has 3 N–H and O–H groups in total. The van der Waals surface area contributed by atoms with Gasteiger partial charge in [0.2, 0.25) is 6.29 Å². The van der Waals surface area contributed by atoms with Crippen LogP contribution in [-0.4, -0.2) is 54.3 Å². The first kappa shape index (κ1) is 32.8. The van der Waals surface area contributed by atoms with Gasteiger partial charge in [0.1, 0.15) is 12.7 Å². The van der Waals surface area contributed by atoms with Gasteiger partial charge in [-0.05, 0) is 6.42 Å². The molecule has 0 aliphatic rings. The molecular formula is C29H63N2O2+. The second kappa shape index (κ2) is 23.6. The molecule has 0 aromatic rings. The summed E-state index contributed by atoms with van der Waals surface area (Å²) in [6.45, 7) is 5.85. The van der Waals surface area contributed by atoms with E-state index in [1.807, 2.05) is 0 Å². The highest BCUT2D eigenvalue weighted by Crippen LogP contribution is 2.15. The number of hydrogen-bond donors (Lipinski definition) is 3. The Hall–Kier alpha value is -0.160. The van der Waals surface area contributed by atoms with Crippen LogP contribution in [0.4, 0.5) is 0 Å².